The van der Waals surface area contributed by atoms with Gasteiger partial charge in [0.15, 0.2) is 0 Å². The summed E-state index contributed by atoms with van der Waals surface area (Å²) in [6, 6.07) is 5.54. The molecule has 0 unspecified atom stereocenters. The largest absolute Gasteiger partial charge is 0.483 e. The van der Waals surface area contributed by atoms with Crippen molar-refractivity contribution >= 4 is 12.4 Å². The Bertz CT molecular complexity index is 640. The Labute approximate surface area is 162 Å². The molecule has 158 valence electrons. The highest BCUT2D eigenvalue weighted by Crippen LogP contribution is 2.33. The molecule has 1 amide bonds. The first-order valence-electron chi connectivity index (χ1n) is 9.01. The van der Waals surface area contributed by atoms with Crippen LogP contribution < -0.4 is 0 Å². The fourth-order valence-corrected chi connectivity index (χ4v) is 3.21. The molecule has 2 atom stereocenters. The maximum atomic E-state index is 13.2. The Balaban J connectivity index is 0.00000122. The minimum atomic E-state index is -4.36. The van der Waals surface area contributed by atoms with Gasteiger partial charge in [-0.05, 0) is 32.4 Å². The lowest BCUT2D eigenvalue weighted by atomic mass is 10.0. The second-order valence-corrected chi connectivity index (χ2v) is 6.44. The molecule has 28 heavy (non-hydrogen) atoms. The number of nitrogens with zero attached hydrogens (tertiary/aromatic N) is 2. The van der Waals surface area contributed by atoms with E-state index in [1.165, 1.54) is 12.1 Å². The summed E-state index contributed by atoms with van der Waals surface area (Å²) in [5.74, 6) is -0.0726. The average Bonchev–Trinajstić information content (AvgIpc) is 2.64. The van der Waals surface area contributed by atoms with E-state index in [0.29, 0.717) is 19.7 Å². The summed E-state index contributed by atoms with van der Waals surface area (Å²) in [6.45, 7) is 7.22. The van der Waals surface area contributed by atoms with Crippen molar-refractivity contribution in [3.05, 3.63) is 35.4 Å². The number of ether oxygens (including phenoxy) is 1. The lowest BCUT2D eigenvalue weighted by molar-refractivity contribution is -0.142. The van der Waals surface area contributed by atoms with E-state index in [-0.39, 0.29) is 43.2 Å². The summed E-state index contributed by atoms with van der Waals surface area (Å²) in [5.41, 5.74) is -0.326. The molecule has 0 radical (unpaired) electrons. The van der Waals surface area contributed by atoms with E-state index in [0.717, 1.165) is 6.07 Å². The lowest BCUT2D eigenvalue weighted by Crippen LogP contribution is -2.59. The molecule has 9 heteroatoms. The molecule has 2 rings (SSSR count). The van der Waals surface area contributed by atoms with Crippen molar-refractivity contribution in [2.24, 2.45) is 0 Å². The van der Waals surface area contributed by atoms with Crippen molar-refractivity contribution in [2.75, 3.05) is 26.3 Å². The van der Waals surface area contributed by atoms with Gasteiger partial charge >= 0.3 is 6.18 Å². The molecular weight excluding hydrogens is 377 g/mol. The van der Waals surface area contributed by atoms with Crippen LogP contribution in [-0.4, -0.2) is 65.7 Å². The molecule has 1 aromatic rings. The van der Waals surface area contributed by atoms with Gasteiger partial charge in [-0.3, -0.25) is 14.5 Å². The Hall–Kier alpha value is -2.13. The zero-order chi connectivity index (χ0) is 21.3. The molecule has 1 N–H and O–H groups in total. The SMILES string of the molecule is CCOCC(=O)N1CCN(Cc2ccccc2C(F)(F)F)[C@H](C)[C@H]1C.O=CO. The fraction of sp³-hybridized carbons (Fsp3) is 0.579. The normalized spacial score (nSPS) is 20.3. The molecule has 0 aliphatic carbocycles. The van der Waals surface area contributed by atoms with Crippen molar-refractivity contribution in [2.45, 2.75) is 45.6 Å². The smallest absolute Gasteiger partial charge is 0.416 e. The van der Waals surface area contributed by atoms with Gasteiger partial charge in [0.25, 0.3) is 6.47 Å². The summed E-state index contributed by atoms with van der Waals surface area (Å²) in [6.07, 6.45) is -4.36. The number of rotatable bonds is 5. The van der Waals surface area contributed by atoms with Crippen LogP contribution in [0.1, 0.15) is 31.9 Å². The minimum Gasteiger partial charge on any atom is -0.483 e. The number of hydrogen-bond acceptors (Lipinski definition) is 4. The molecule has 0 aromatic heterocycles. The quantitative estimate of drug-likeness (QED) is 0.765. The van der Waals surface area contributed by atoms with Crippen LogP contribution in [0.5, 0.6) is 0 Å². The lowest BCUT2D eigenvalue weighted by Gasteiger charge is -2.45. The van der Waals surface area contributed by atoms with E-state index < -0.39 is 11.7 Å². The summed E-state index contributed by atoms with van der Waals surface area (Å²) in [7, 11) is 0. The first-order chi connectivity index (χ1) is 13.2. The van der Waals surface area contributed by atoms with E-state index in [2.05, 4.69) is 0 Å². The van der Waals surface area contributed by atoms with Gasteiger partial charge in [-0.25, -0.2) is 0 Å². The van der Waals surface area contributed by atoms with Crippen LogP contribution >= 0.6 is 0 Å². The number of amides is 1. The van der Waals surface area contributed by atoms with Gasteiger partial charge in [0.2, 0.25) is 5.91 Å². The Morgan fingerprint density at radius 3 is 2.43 bits per heavy atom. The number of hydrogen-bond donors (Lipinski definition) is 1. The highest BCUT2D eigenvalue weighted by molar-refractivity contribution is 5.78. The van der Waals surface area contributed by atoms with Gasteiger partial charge in [-0.2, -0.15) is 13.2 Å². The molecule has 1 saturated heterocycles. The monoisotopic (exact) mass is 404 g/mol. The van der Waals surface area contributed by atoms with Crippen LogP contribution in [0.2, 0.25) is 0 Å². The number of benzene rings is 1. The molecule has 0 saturated carbocycles. The van der Waals surface area contributed by atoms with E-state index in [1.807, 2.05) is 25.7 Å². The first-order valence-corrected chi connectivity index (χ1v) is 9.01. The van der Waals surface area contributed by atoms with Gasteiger partial charge in [0, 0.05) is 38.3 Å². The van der Waals surface area contributed by atoms with Crippen LogP contribution in [0.4, 0.5) is 13.2 Å². The highest BCUT2D eigenvalue weighted by atomic mass is 19.4. The molecule has 1 aliphatic rings. The van der Waals surface area contributed by atoms with E-state index in [9.17, 15) is 18.0 Å². The van der Waals surface area contributed by atoms with Crippen LogP contribution in [0.25, 0.3) is 0 Å². The molecule has 1 heterocycles. The van der Waals surface area contributed by atoms with Crippen molar-refractivity contribution < 1.29 is 32.6 Å². The Kier molecular flexibility index (Phi) is 9.40. The molecule has 0 spiro atoms. The molecule has 1 fully saturated rings. The van der Waals surface area contributed by atoms with Crippen molar-refractivity contribution in [1.29, 1.82) is 0 Å². The highest BCUT2D eigenvalue weighted by Gasteiger charge is 2.36. The third kappa shape index (κ3) is 6.49. The topological polar surface area (TPSA) is 70.1 Å². The maximum absolute atomic E-state index is 13.2. The summed E-state index contributed by atoms with van der Waals surface area (Å²) >= 11 is 0. The van der Waals surface area contributed by atoms with Crippen molar-refractivity contribution in [3.63, 3.8) is 0 Å². The van der Waals surface area contributed by atoms with Gasteiger partial charge < -0.3 is 14.7 Å². The number of alkyl halides is 3. The Morgan fingerprint density at radius 1 is 1.25 bits per heavy atom. The zero-order valence-electron chi connectivity index (χ0n) is 16.3. The summed E-state index contributed by atoms with van der Waals surface area (Å²) in [5, 5.41) is 6.89. The summed E-state index contributed by atoms with van der Waals surface area (Å²) in [4.78, 5) is 24.3. The average molecular weight is 404 g/mol. The van der Waals surface area contributed by atoms with E-state index in [4.69, 9.17) is 14.6 Å². The predicted octanol–water partition coefficient (Wildman–Crippen LogP) is 2.86. The number of halogens is 3. The molecule has 6 nitrogen and oxygen atoms in total. The standard InChI is InChI=1S/C18H25F3N2O2.CH2O2/c1-4-25-12-17(24)23-10-9-22(13(2)14(23)3)11-15-7-5-6-8-16(15)18(19,20)21;2-1-3/h5-8,13-14H,4,9-12H2,1-3H3;1H,(H,2,3)/t13-,14-;/m1./s1. The third-order valence-corrected chi connectivity index (χ3v) is 4.84. The van der Waals surface area contributed by atoms with Crippen LogP contribution in [0.3, 0.4) is 0 Å². The molecule has 1 aromatic carbocycles. The van der Waals surface area contributed by atoms with Crippen LogP contribution in [0.15, 0.2) is 24.3 Å². The van der Waals surface area contributed by atoms with Gasteiger partial charge in [-0.15, -0.1) is 0 Å². The van der Waals surface area contributed by atoms with Crippen molar-refractivity contribution in [1.82, 2.24) is 9.80 Å². The van der Waals surface area contributed by atoms with Crippen LogP contribution in [0, 0.1) is 0 Å². The molecule has 0 bridgehead atoms. The first kappa shape index (κ1) is 23.9. The third-order valence-electron chi connectivity index (χ3n) is 4.84. The van der Waals surface area contributed by atoms with Crippen molar-refractivity contribution in [3.8, 4) is 0 Å². The minimum absolute atomic E-state index is 0.0411. The zero-order valence-corrected chi connectivity index (χ0v) is 16.3. The fourth-order valence-electron chi connectivity index (χ4n) is 3.21. The second-order valence-electron chi connectivity index (χ2n) is 6.44. The number of carbonyl (C=O) groups excluding carboxylic acids is 1. The number of carbonyl (C=O) groups is 2. The second kappa shape index (κ2) is 11.0. The number of piperazine rings is 1. The van der Waals surface area contributed by atoms with Crippen LogP contribution in [-0.2, 0) is 27.0 Å². The van der Waals surface area contributed by atoms with Gasteiger partial charge in [0.1, 0.15) is 6.61 Å². The van der Waals surface area contributed by atoms with Gasteiger partial charge in [-0.1, -0.05) is 18.2 Å². The van der Waals surface area contributed by atoms with Gasteiger partial charge in [0.05, 0.1) is 5.56 Å². The maximum Gasteiger partial charge on any atom is 0.416 e. The molecular formula is C19H27F3N2O4. The Morgan fingerprint density at radius 2 is 1.86 bits per heavy atom. The molecule has 1 aliphatic heterocycles. The predicted molar refractivity (Wildman–Crippen MR) is 97.7 cm³/mol. The van der Waals surface area contributed by atoms with E-state index >= 15 is 0 Å². The van der Waals surface area contributed by atoms with E-state index in [1.54, 1.807) is 11.0 Å². The number of carboxylic acid groups (broad SMARTS) is 1. The summed E-state index contributed by atoms with van der Waals surface area (Å²) < 4.78 is 44.7.